The zero-order valence-electron chi connectivity index (χ0n) is 10.3. The van der Waals surface area contributed by atoms with Crippen molar-refractivity contribution >= 4 is 5.97 Å². The molecule has 1 heterocycles. The summed E-state index contributed by atoms with van der Waals surface area (Å²) in [4.78, 5) is 15.4. The maximum atomic E-state index is 13.3. The van der Waals surface area contributed by atoms with E-state index < -0.39 is 11.8 Å². The van der Waals surface area contributed by atoms with Crippen LogP contribution in [0, 0.1) is 12.7 Å². The molecular formula is C14H12FNO3. The van der Waals surface area contributed by atoms with Crippen LogP contribution in [0.5, 0.6) is 0 Å². The third-order valence-corrected chi connectivity index (χ3v) is 3.24. The maximum absolute atomic E-state index is 13.3. The van der Waals surface area contributed by atoms with Crippen molar-refractivity contribution in [3.8, 4) is 11.5 Å². The lowest BCUT2D eigenvalue weighted by atomic mass is 10.1. The number of hydrogen-bond donors (Lipinski definition) is 1. The number of rotatable bonds is 3. The van der Waals surface area contributed by atoms with Crippen molar-refractivity contribution in [2.75, 3.05) is 0 Å². The molecule has 1 aromatic carbocycles. The second-order valence-corrected chi connectivity index (χ2v) is 4.77. The Bertz CT molecular complexity index is 659. The first kappa shape index (κ1) is 11.9. The minimum atomic E-state index is -1.13. The number of carboxylic acids is 1. The number of halogens is 1. The fourth-order valence-corrected chi connectivity index (χ4v) is 2.06. The van der Waals surface area contributed by atoms with Gasteiger partial charge in [-0.25, -0.2) is 14.2 Å². The van der Waals surface area contributed by atoms with Gasteiger partial charge >= 0.3 is 5.97 Å². The fraction of sp³-hybridized carbons (Fsp3) is 0.286. The summed E-state index contributed by atoms with van der Waals surface area (Å²) in [7, 11) is 0. The second kappa shape index (κ2) is 4.19. The van der Waals surface area contributed by atoms with Crippen LogP contribution >= 0.6 is 0 Å². The van der Waals surface area contributed by atoms with Crippen LogP contribution in [-0.2, 0) is 0 Å². The van der Waals surface area contributed by atoms with Gasteiger partial charge in [0.15, 0.2) is 0 Å². The van der Waals surface area contributed by atoms with E-state index in [9.17, 15) is 9.18 Å². The van der Waals surface area contributed by atoms with Crippen molar-refractivity contribution in [1.82, 2.24) is 4.98 Å². The van der Waals surface area contributed by atoms with E-state index in [-0.39, 0.29) is 17.6 Å². The average Bonchev–Trinajstić information content (AvgIpc) is 3.11. The molecule has 1 saturated carbocycles. The summed E-state index contributed by atoms with van der Waals surface area (Å²) < 4.78 is 18.6. The summed E-state index contributed by atoms with van der Waals surface area (Å²) in [6.07, 6.45) is 1.85. The minimum absolute atomic E-state index is 0.124. The van der Waals surface area contributed by atoms with Gasteiger partial charge in [0.25, 0.3) is 0 Å². The lowest BCUT2D eigenvalue weighted by molar-refractivity contribution is 0.0661. The van der Waals surface area contributed by atoms with Crippen LogP contribution in [-0.4, -0.2) is 16.1 Å². The highest BCUT2D eigenvalue weighted by Gasteiger charge is 2.33. The van der Waals surface area contributed by atoms with E-state index in [1.165, 1.54) is 12.1 Å². The summed E-state index contributed by atoms with van der Waals surface area (Å²) in [5.74, 6) is -1.31. The van der Waals surface area contributed by atoms with Crippen LogP contribution in [0.15, 0.2) is 22.6 Å². The molecule has 2 aromatic rings. The van der Waals surface area contributed by atoms with Gasteiger partial charge in [-0.2, -0.15) is 0 Å². The Morgan fingerprint density at radius 1 is 1.47 bits per heavy atom. The molecule has 0 bridgehead atoms. The number of benzene rings is 1. The quantitative estimate of drug-likeness (QED) is 0.920. The van der Waals surface area contributed by atoms with Gasteiger partial charge < -0.3 is 9.52 Å². The summed E-state index contributed by atoms with van der Waals surface area (Å²) in [5, 5.41) is 9.12. The number of aromatic carboxylic acids is 1. The zero-order valence-corrected chi connectivity index (χ0v) is 10.3. The first-order valence-corrected chi connectivity index (χ1v) is 6.07. The molecule has 0 spiro atoms. The largest absolute Gasteiger partial charge is 0.475 e. The predicted molar refractivity (Wildman–Crippen MR) is 65.6 cm³/mol. The molecule has 98 valence electrons. The van der Waals surface area contributed by atoms with Gasteiger partial charge in [-0.05, 0) is 37.5 Å². The highest BCUT2D eigenvalue weighted by atomic mass is 19.1. The summed E-state index contributed by atoms with van der Waals surface area (Å²) >= 11 is 0. The van der Waals surface area contributed by atoms with E-state index in [2.05, 4.69) is 4.98 Å². The third-order valence-electron chi connectivity index (χ3n) is 3.24. The Morgan fingerprint density at radius 2 is 2.21 bits per heavy atom. The molecule has 0 saturated heterocycles. The van der Waals surface area contributed by atoms with Gasteiger partial charge in [-0.1, -0.05) is 6.07 Å². The molecule has 0 aliphatic heterocycles. The molecule has 1 aromatic heterocycles. The molecule has 1 fully saturated rings. The SMILES string of the molecule is Cc1ccc(F)cc1-c1nc(C2CC2)c(C(=O)O)o1. The Morgan fingerprint density at radius 3 is 2.84 bits per heavy atom. The average molecular weight is 261 g/mol. The highest BCUT2D eigenvalue weighted by Crippen LogP contribution is 2.42. The van der Waals surface area contributed by atoms with E-state index in [4.69, 9.17) is 9.52 Å². The third kappa shape index (κ3) is 2.12. The molecule has 5 heteroatoms. The summed E-state index contributed by atoms with van der Waals surface area (Å²) in [6.45, 7) is 1.80. The van der Waals surface area contributed by atoms with Crippen molar-refractivity contribution in [1.29, 1.82) is 0 Å². The normalized spacial score (nSPS) is 14.6. The van der Waals surface area contributed by atoms with Crippen LogP contribution in [0.1, 0.15) is 40.6 Å². The van der Waals surface area contributed by atoms with Gasteiger partial charge in [0.05, 0.1) is 5.69 Å². The number of aromatic nitrogens is 1. The van der Waals surface area contributed by atoms with E-state index in [1.807, 2.05) is 0 Å². The summed E-state index contributed by atoms with van der Waals surface area (Å²) in [6, 6.07) is 4.28. The molecule has 0 atom stereocenters. The first-order valence-electron chi connectivity index (χ1n) is 6.07. The molecule has 0 radical (unpaired) electrons. The van der Waals surface area contributed by atoms with Crippen molar-refractivity contribution in [3.63, 3.8) is 0 Å². The molecule has 4 nitrogen and oxygen atoms in total. The molecule has 1 aliphatic carbocycles. The standard InChI is InChI=1S/C14H12FNO3/c1-7-2-5-9(15)6-10(7)13-16-11(8-3-4-8)12(19-13)14(17)18/h2,5-6,8H,3-4H2,1H3,(H,17,18). The fourth-order valence-electron chi connectivity index (χ4n) is 2.06. The van der Waals surface area contributed by atoms with E-state index >= 15 is 0 Å². The molecule has 0 amide bonds. The smallest absolute Gasteiger partial charge is 0.373 e. The van der Waals surface area contributed by atoms with Crippen LogP contribution in [0.2, 0.25) is 0 Å². The molecule has 1 N–H and O–H groups in total. The number of carbonyl (C=O) groups is 1. The Labute approximate surface area is 108 Å². The lowest BCUT2D eigenvalue weighted by Crippen LogP contribution is -1.98. The number of aryl methyl sites for hydroxylation is 1. The number of nitrogens with zero attached hydrogens (tertiary/aromatic N) is 1. The minimum Gasteiger partial charge on any atom is -0.475 e. The van der Waals surface area contributed by atoms with Crippen LogP contribution < -0.4 is 0 Å². The number of oxazole rings is 1. The van der Waals surface area contributed by atoms with Gasteiger partial charge in [-0.3, -0.25) is 0 Å². The Balaban J connectivity index is 2.12. The molecule has 0 unspecified atom stereocenters. The van der Waals surface area contributed by atoms with Crippen molar-refractivity contribution in [3.05, 3.63) is 41.0 Å². The van der Waals surface area contributed by atoms with Crippen LogP contribution in [0.3, 0.4) is 0 Å². The van der Waals surface area contributed by atoms with Gasteiger partial charge in [0, 0.05) is 11.5 Å². The molecule has 19 heavy (non-hydrogen) atoms. The van der Waals surface area contributed by atoms with Gasteiger partial charge in [-0.15, -0.1) is 0 Å². The van der Waals surface area contributed by atoms with E-state index in [0.717, 1.165) is 18.4 Å². The Hall–Kier alpha value is -2.17. The topological polar surface area (TPSA) is 63.3 Å². The molecule has 3 rings (SSSR count). The monoisotopic (exact) mass is 261 g/mol. The highest BCUT2D eigenvalue weighted by molar-refractivity contribution is 5.86. The second-order valence-electron chi connectivity index (χ2n) is 4.77. The summed E-state index contributed by atoms with van der Waals surface area (Å²) in [5.41, 5.74) is 1.77. The lowest BCUT2D eigenvalue weighted by Gasteiger charge is -2.00. The number of carboxylic acid groups (broad SMARTS) is 1. The number of hydrogen-bond acceptors (Lipinski definition) is 3. The van der Waals surface area contributed by atoms with Crippen molar-refractivity contribution < 1.29 is 18.7 Å². The van der Waals surface area contributed by atoms with Crippen LogP contribution in [0.25, 0.3) is 11.5 Å². The molecular weight excluding hydrogens is 249 g/mol. The van der Waals surface area contributed by atoms with E-state index in [0.29, 0.717) is 11.3 Å². The van der Waals surface area contributed by atoms with Gasteiger partial charge in [0.1, 0.15) is 5.82 Å². The van der Waals surface area contributed by atoms with Crippen LogP contribution in [0.4, 0.5) is 4.39 Å². The van der Waals surface area contributed by atoms with Gasteiger partial charge in [0.2, 0.25) is 11.7 Å². The van der Waals surface area contributed by atoms with Crippen molar-refractivity contribution in [2.24, 2.45) is 0 Å². The first-order chi connectivity index (χ1) is 9.06. The predicted octanol–water partition coefficient (Wildman–Crippen LogP) is 3.36. The maximum Gasteiger partial charge on any atom is 0.373 e. The zero-order chi connectivity index (χ0) is 13.6. The molecule has 1 aliphatic rings. The Kier molecular flexibility index (Phi) is 2.62. The van der Waals surface area contributed by atoms with Crippen molar-refractivity contribution in [2.45, 2.75) is 25.7 Å². The van der Waals surface area contributed by atoms with E-state index in [1.54, 1.807) is 13.0 Å².